The van der Waals surface area contributed by atoms with Crippen LogP contribution in [-0.4, -0.2) is 37.1 Å². The van der Waals surface area contributed by atoms with Gasteiger partial charge in [0.15, 0.2) is 0 Å². The zero-order valence-electron chi connectivity index (χ0n) is 14.5. The number of imidazole rings is 1. The molecule has 1 atom stereocenters. The molecule has 0 radical (unpaired) electrons. The van der Waals surface area contributed by atoms with Crippen LogP contribution in [-0.2, 0) is 11.3 Å². The highest BCUT2D eigenvalue weighted by atomic mass is 16.2. The Balaban J connectivity index is 1.52. The zero-order chi connectivity index (χ0) is 17.2. The van der Waals surface area contributed by atoms with Crippen molar-refractivity contribution in [3.05, 3.63) is 48.0 Å². The topological polar surface area (TPSA) is 66.8 Å². The number of piperidine rings is 1. The molecule has 6 nitrogen and oxygen atoms in total. The summed E-state index contributed by atoms with van der Waals surface area (Å²) in [6, 6.07) is 10.0. The maximum absolute atomic E-state index is 12.8. The van der Waals surface area contributed by atoms with Gasteiger partial charge in [-0.25, -0.2) is 4.98 Å². The average Bonchev–Trinajstić information content (AvgIpc) is 3.25. The number of benzene rings is 1. The number of fused-ring (bicyclic) bond motifs is 1. The first-order valence-electron chi connectivity index (χ1n) is 8.95. The summed E-state index contributed by atoms with van der Waals surface area (Å²) in [5, 5.41) is 4.27. The largest absolute Gasteiger partial charge is 0.340 e. The van der Waals surface area contributed by atoms with Crippen molar-refractivity contribution in [1.82, 2.24) is 24.6 Å². The van der Waals surface area contributed by atoms with Gasteiger partial charge >= 0.3 is 0 Å². The first kappa shape index (κ1) is 15.9. The molecule has 1 fully saturated rings. The molecule has 2 aromatic heterocycles. The molecule has 0 spiro atoms. The van der Waals surface area contributed by atoms with Gasteiger partial charge in [0, 0.05) is 31.4 Å². The van der Waals surface area contributed by atoms with E-state index in [-0.39, 0.29) is 11.9 Å². The van der Waals surface area contributed by atoms with Crippen LogP contribution >= 0.6 is 0 Å². The van der Waals surface area contributed by atoms with Crippen LogP contribution in [0.25, 0.3) is 11.0 Å². The summed E-state index contributed by atoms with van der Waals surface area (Å²) >= 11 is 0. The number of para-hydroxylation sites is 2. The maximum atomic E-state index is 12.8. The number of carbonyl (C=O) groups is 1. The average molecular weight is 337 g/mol. The molecule has 1 saturated heterocycles. The van der Waals surface area contributed by atoms with E-state index < -0.39 is 0 Å². The molecule has 3 aromatic rings. The molecule has 3 heterocycles. The van der Waals surface area contributed by atoms with Crippen molar-refractivity contribution in [2.24, 2.45) is 0 Å². The number of rotatable bonds is 4. The molecule has 130 valence electrons. The van der Waals surface area contributed by atoms with Crippen LogP contribution in [0.15, 0.2) is 36.5 Å². The first-order chi connectivity index (χ1) is 12.2. The lowest BCUT2D eigenvalue weighted by molar-refractivity contribution is -0.135. The van der Waals surface area contributed by atoms with Gasteiger partial charge in [0.05, 0.1) is 17.1 Å². The predicted molar refractivity (Wildman–Crippen MR) is 96.0 cm³/mol. The van der Waals surface area contributed by atoms with Gasteiger partial charge in [-0.1, -0.05) is 12.1 Å². The highest BCUT2D eigenvalue weighted by Crippen LogP contribution is 2.31. The fourth-order valence-corrected chi connectivity index (χ4v) is 3.62. The second kappa shape index (κ2) is 6.70. The Bertz CT molecular complexity index is 848. The van der Waals surface area contributed by atoms with Crippen molar-refractivity contribution in [2.45, 2.75) is 45.2 Å². The van der Waals surface area contributed by atoms with E-state index in [4.69, 9.17) is 4.98 Å². The molecule has 1 aliphatic heterocycles. The number of H-pyrrole nitrogens is 1. The Morgan fingerprint density at radius 2 is 2.16 bits per heavy atom. The van der Waals surface area contributed by atoms with E-state index in [1.54, 1.807) is 6.20 Å². The van der Waals surface area contributed by atoms with Gasteiger partial charge in [-0.15, -0.1) is 0 Å². The summed E-state index contributed by atoms with van der Waals surface area (Å²) in [5.74, 6) is 1.09. The van der Waals surface area contributed by atoms with Gasteiger partial charge in [0.1, 0.15) is 5.82 Å². The molecule has 1 aromatic carbocycles. The number of nitrogens with zero attached hydrogens (tertiary/aromatic N) is 4. The molecule has 0 unspecified atom stereocenters. The fraction of sp³-hybridized carbons (Fsp3) is 0.421. The Labute approximate surface area is 146 Å². The molecule has 1 aliphatic rings. The highest BCUT2D eigenvalue weighted by Gasteiger charge is 2.29. The lowest BCUT2D eigenvalue weighted by Crippen LogP contribution is -2.39. The van der Waals surface area contributed by atoms with E-state index in [0.717, 1.165) is 48.4 Å². The van der Waals surface area contributed by atoms with Crippen LogP contribution < -0.4 is 0 Å². The number of nitrogens with one attached hydrogen (secondary N) is 1. The number of likely N-dealkylation sites (tertiary alicyclic amines) is 1. The molecule has 1 N–H and O–H groups in total. The summed E-state index contributed by atoms with van der Waals surface area (Å²) in [6.45, 7) is 3.44. The number of hydrogen-bond acceptors (Lipinski definition) is 3. The molecule has 6 heteroatoms. The van der Waals surface area contributed by atoms with Crippen LogP contribution in [0.1, 0.15) is 43.2 Å². The maximum Gasteiger partial charge on any atom is 0.225 e. The summed E-state index contributed by atoms with van der Waals surface area (Å²) in [5.41, 5.74) is 3.07. The summed E-state index contributed by atoms with van der Waals surface area (Å²) in [7, 11) is 0. The van der Waals surface area contributed by atoms with Gasteiger partial charge in [-0.3, -0.25) is 9.48 Å². The standard InChI is InChI=1S/C19H23N5O/c1-14-9-11-20-24(14)13-10-18(25)23-12-5-4-8-17(23)19-21-15-6-2-3-7-16(15)22-19/h2-3,6-7,9,11,17H,4-5,8,10,12-13H2,1H3,(H,21,22)/t17-/m0/s1. The van der Waals surface area contributed by atoms with Crippen molar-refractivity contribution in [2.75, 3.05) is 6.54 Å². The molecule has 0 aliphatic carbocycles. The van der Waals surface area contributed by atoms with Crippen molar-refractivity contribution in [3.8, 4) is 0 Å². The lowest BCUT2D eigenvalue weighted by Gasteiger charge is -2.34. The van der Waals surface area contributed by atoms with E-state index in [2.05, 4.69) is 10.1 Å². The van der Waals surface area contributed by atoms with Crippen LogP contribution in [0.4, 0.5) is 0 Å². The molecule has 0 saturated carbocycles. The molecule has 1 amide bonds. The van der Waals surface area contributed by atoms with E-state index in [1.165, 1.54) is 0 Å². The van der Waals surface area contributed by atoms with Gasteiger partial charge in [0.2, 0.25) is 5.91 Å². The molecule has 0 bridgehead atoms. The highest BCUT2D eigenvalue weighted by molar-refractivity contribution is 5.77. The lowest BCUT2D eigenvalue weighted by atomic mass is 10.0. The van der Waals surface area contributed by atoms with Gasteiger partial charge < -0.3 is 9.88 Å². The molecule has 25 heavy (non-hydrogen) atoms. The smallest absolute Gasteiger partial charge is 0.225 e. The summed E-state index contributed by atoms with van der Waals surface area (Å²) < 4.78 is 1.89. The van der Waals surface area contributed by atoms with Gasteiger partial charge in [0.25, 0.3) is 0 Å². The second-order valence-electron chi connectivity index (χ2n) is 6.68. The number of carbonyl (C=O) groups excluding carboxylic acids is 1. The minimum atomic E-state index is 0.0485. The molecular formula is C19H23N5O. The number of hydrogen-bond donors (Lipinski definition) is 1. The monoisotopic (exact) mass is 337 g/mol. The Morgan fingerprint density at radius 1 is 1.28 bits per heavy atom. The summed E-state index contributed by atoms with van der Waals surface area (Å²) in [6.07, 6.45) is 5.40. The Hall–Kier alpha value is -2.63. The SMILES string of the molecule is Cc1ccnn1CCC(=O)N1CCCC[C@H]1c1nc2ccccc2[nH]1. The molecule has 4 rings (SSSR count). The molecular weight excluding hydrogens is 314 g/mol. The van der Waals surface area contributed by atoms with E-state index in [9.17, 15) is 4.79 Å². The van der Waals surface area contributed by atoms with Crippen molar-refractivity contribution < 1.29 is 4.79 Å². The van der Waals surface area contributed by atoms with E-state index in [1.807, 2.05) is 46.8 Å². The van der Waals surface area contributed by atoms with E-state index in [0.29, 0.717) is 13.0 Å². The van der Waals surface area contributed by atoms with Crippen LogP contribution in [0, 0.1) is 6.92 Å². The Morgan fingerprint density at radius 3 is 2.96 bits per heavy atom. The van der Waals surface area contributed by atoms with Crippen LogP contribution in [0.2, 0.25) is 0 Å². The van der Waals surface area contributed by atoms with Gasteiger partial charge in [-0.2, -0.15) is 5.10 Å². The number of amides is 1. The number of aryl methyl sites for hydroxylation is 2. The third-order valence-electron chi connectivity index (χ3n) is 5.01. The van der Waals surface area contributed by atoms with Gasteiger partial charge in [-0.05, 0) is 44.4 Å². The predicted octanol–water partition coefficient (Wildman–Crippen LogP) is 3.21. The number of aromatic nitrogens is 4. The second-order valence-corrected chi connectivity index (χ2v) is 6.68. The third kappa shape index (κ3) is 3.16. The first-order valence-corrected chi connectivity index (χ1v) is 8.95. The number of aromatic amines is 1. The fourth-order valence-electron chi connectivity index (χ4n) is 3.62. The third-order valence-corrected chi connectivity index (χ3v) is 5.01. The Kier molecular flexibility index (Phi) is 4.26. The summed E-state index contributed by atoms with van der Waals surface area (Å²) in [4.78, 5) is 23.0. The minimum absolute atomic E-state index is 0.0485. The normalized spacial score (nSPS) is 18.0. The van der Waals surface area contributed by atoms with Crippen molar-refractivity contribution in [1.29, 1.82) is 0 Å². The minimum Gasteiger partial charge on any atom is -0.340 e. The quantitative estimate of drug-likeness (QED) is 0.795. The van der Waals surface area contributed by atoms with Crippen molar-refractivity contribution >= 4 is 16.9 Å². The van der Waals surface area contributed by atoms with Crippen molar-refractivity contribution in [3.63, 3.8) is 0 Å². The van der Waals surface area contributed by atoms with Crippen LogP contribution in [0.5, 0.6) is 0 Å². The zero-order valence-corrected chi connectivity index (χ0v) is 14.5. The van der Waals surface area contributed by atoms with Crippen LogP contribution in [0.3, 0.4) is 0 Å². The van der Waals surface area contributed by atoms with E-state index >= 15 is 0 Å².